The number of para-hydroxylation sites is 2. The van der Waals surface area contributed by atoms with E-state index in [0.717, 1.165) is 0 Å². The molecule has 0 radical (unpaired) electrons. The maximum absolute atomic E-state index is 12.5. The van der Waals surface area contributed by atoms with Gasteiger partial charge in [-0.25, -0.2) is 13.1 Å². The highest BCUT2D eigenvalue weighted by Crippen LogP contribution is 2.31. The number of ether oxygens (including phenoxy) is 2. The Balaban J connectivity index is 1.40. The van der Waals surface area contributed by atoms with Gasteiger partial charge in [-0.2, -0.15) is 0 Å². The molecule has 3 aromatic carbocycles. The number of carbonyl (C=O) groups is 2. The molecular weight excluding hydrogens is 420 g/mol. The number of benzene rings is 3. The van der Waals surface area contributed by atoms with Gasteiger partial charge in [-0.05, 0) is 48.5 Å². The summed E-state index contributed by atoms with van der Waals surface area (Å²) in [7, 11) is -4.06. The molecule has 0 unspecified atom stereocenters. The van der Waals surface area contributed by atoms with Gasteiger partial charge in [-0.3, -0.25) is 9.59 Å². The van der Waals surface area contributed by atoms with Crippen molar-refractivity contribution in [3.05, 3.63) is 84.4 Å². The molecule has 4 rings (SSSR count). The third kappa shape index (κ3) is 4.67. The van der Waals surface area contributed by atoms with Crippen molar-refractivity contribution < 1.29 is 27.5 Å². The summed E-state index contributed by atoms with van der Waals surface area (Å²) in [6, 6.07) is 20.5. The summed E-state index contributed by atoms with van der Waals surface area (Å²) in [6.45, 7) is 0.0564. The predicted octanol–water partition coefficient (Wildman–Crippen LogP) is 2.58. The van der Waals surface area contributed by atoms with E-state index in [9.17, 15) is 18.0 Å². The van der Waals surface area contributed by atoms with E-state index in [4.69, 9.17) is 9.47 Å². The number of hydrogen-bond donors (Lipinski definition) is 2. The van der Waals surface area contributed by atoms with Gasteiger partial charge in [-0.1, -0.05) is 30.3 Å². The number of rotatable bonds is 5. The second-order valence-electron chi connectivity index (χ2n) is 6.68. The highest BCUT2D eigenvalue weighted by atomic mass is 32.2. The highest BCUT2D eigenvalue weighted by Gasteiger charge is 2.27. The molecule has 0 aromatic heterocycles. The fourth-order valence-corrected chi connectivity index (χ4v) is 3.89. The number of anilines is 1. The normalized spacial score (nSPS) is 15.0. The maximum Gasteiger partial charge on any atom is 0.269 e. The van der Waals surface area contributed by atoms with Crippen LogP contribution >= 0.6 is 0 Å². The number of amides is 2. The minimum absolute atomic E-state index is 0.0564. The standard InChI is InChI=1S/C22H18N2O6S/c25-21(15-6-2-1-3-7-15)24-31(27,28)17-12-10-16(11-13-17)23-22(26)20-14-29-18-8-4-5-9-19(18)30-20/h1-13,20H,14H2,(H,23,26)(H,24,25)/t20-/m1/s1. The van der Waals surface area contributed by atoms with Crippen LogP contribution in [0.5, 0.6) is 11.5 Å². The van der Waals surface area contributed by atoms with E-state index in [1.807, 2.05) is 4.72 Å². The van der Waals surface area contributed by atoms with Gasteiger partial charge >= 0.3 is 0 Å². The monoisotopic (exact) mass is 438 g/mol. The predicted molar refractivity (Wildman–Crippen MR) is 113 cm³/mol. The first-order chi connectivity index (χ1) is 14.9. The Labute approximate surface area is 178 Å². The van der Waals surface area contributed by atoms with Crippen LogP contribution in [0, 0.1) is 0 Å². The first-order valence-electron chi connectivity index (χ1n) is 9.34. The zero-order valence-electron chi connectivity index (χ0n) is 16.1. The lowest BCUT2D eigenvalue weighted by Crippen LogP contribution is -2.40. The molecule has 9 heteroatoms. The maximum atomic E-state index is 12.5. The van der Waals surface area contributed by atoms with E-state index >= 15 is 0 Å². The van der Waals surface area contributed by atoms with Crippen LogP contribution in [0.3, 0.4) is 0 Å². The third-order valence-corrected chi connectivity index (χ3v) is 5.84. The molecule has 31 heavy (non-hydrogen) atoms. The molecular formula is C22H18N2O6S. The molecule has 8 nitrogen and oxygen atoms in total. The van der Waals surface area contributed by atoms with Crippen molar-refractivity contribution in [2.75, 3.05) is 11.9 Å². The smallest absolute Gasteiger partial charge is 0.269 e. The first-order valence-corrected chi connectivity index (χ1v) is 10.8. The molecule has 0 saturated carbocycles. The van der Waals surface area contributed by atoms with E-state index in [0.29, 0.717) is 17.2 Å². The van der Waals surface area contributed by atoms with Crippen LogP contribution in [0.2, 0.25) is 0 Å². The van der Waals surface area contributed by atoms with E-state index in [1.165, 1.54) is 36.4 Å². The summed E-state index contributed by atoms with van der Waals surface area (Å²) >= 11 is 0. The van der Waals surface area contributed by atoms with Gasteiger partial charge in [0.15, 0.2) is 11.5 Å². The summed E-state index contributed by atoms with van der Waals surface area (Å²) < 4.78 is 38.1. The van der Waals surface area contributed by atoms with Gasteiger partial charge < -0.3 is 14.8 Å². The highest BCUT2D eigenvalue weighted by molar-refractivity contribution is 7.90. The SMILES string of the molecule is O=C(NS(=O)(=O)c1ccc(NC(=O)[C@H]2COc3ccccc3O2)cc1)c1ccccc1. The largest absolute Gasteiger partial charge is 0.485 e. The number of sulfonamides is 1. The lowest BCUT2D eigenvalue weighted by atomic mass is 10.2. The molecule has 2 N–H and O–H groups in total. The van der Waals surface area contributed by atoms with E-state index in [1.54, 1.807) is 42.5 Å². The number of fused-ring (bicyclic) bond motifs is 1. The fraction of sp³-hybridized carbons (Fsp3) is 0.0909. The molecule has 0 saturated heterocycles. The molecule has 1 aliphatic rings. The second-order valence-corrected chi connectivity index (χ2v) is 8.36. The van der Waals surface area contributed by atoms with E-state index in [-0.39, 0.29) is 17.1 Å². The van der Waals surface area contributed by atoms with Gasteiger partial charge in [0, 0.05) is 11.3 Å². The topological polar surface area (TPSA) is 111 Å². The lowest BCUT2D eigenvalue weighted by molar-refractivity contribution is -0.125. The Morgan fingerprint density at radius 3 is 2.19 bits per heavy atom. The molecule has 2 amide bonds. The van der Waals surface area contributed by atoms with Crippen molar-refractivity contribution >= 4 is 27.5 Å². The Bertz CT molecular complexity index is 1210. The van der Waals surface area contributed by atoms with Crippen LogP contribution in [0.15, 0.2) is 83.8 Å². The van der Waals surface area contributed by atoms with E-state index < -0.39 is 27.9 Å². The zero-order valence-corrected chi connectivity index (χ0v) is 17.0. The van der Waals surface area contributed by atoms with Crippen molar-refractivity contribution in [2.24, 2.45) is 0 Å². The van der Waals surface area contributed by atoms with Gasteiger partial charge in [0.05, 0.1) is 4.90 Å². The Hall–Kier alpha value is -3.85. The van der Waals surface area contributed by atoms with E-state index in [2.05, 4.69) is 5.32 Å². The van der Waals surface area contributed by atoms with Gasteiger partial charge in [0.2, 0.25) is 6.10 Å². The molecule has 1 atom stereocenters. The summed E-state index contributed by atoms with van der Waals surface area (Å²) in [5, 5.41) is 2.66. The number of carbonyl (C=O) groups excluding carboxylic acids is 2. The molecule has 0 spiro atoms. The zero-order chi connectivity index (χ0) is 21.8. The summed E-state index contributed by atoms with van der Waals surface area (Å²) in [6.07, 6.45) is -0.844. The Kier molecular flexibility index (Phi) is 5.59. The van der Waals surface area contributed by atoms with Crippen LogP contribution in [-0.4, -0.2) is 32.9 Å². The van der Waals surface area contributed by atoms with Crippen molar-refractivity contribution in [1.29, 1.82) is 0 Å². The van der Waals surface area contributed by atoms with Gasteiger partial charge in [0.1, 0.15) is 6.61 Å². The molecule has 0 aliphatic carbocycles. The van der Waals surface area contributed by atoms with Crippen molar-refractivity contribution in [1.82, 2.24) is 4.72 Å². The summed E-state index contributed by atoms with van der Waals surface area (Å²) in [5.74, 6) is -0.113. The Morgan fingerprint density at radius 2 is 1.48 bits per heavy atom. The molecule has 0 bridgehead atoms. The van der Waals surface area contributed by atoms with Gasteiger partial charge in [-0.15, -0.1) is 0 Å². The van der Waals surface area contributed by atoms with Crippen LogP contribution in [-0.2, 0) is 14.8 Å². The minimum Gasteiger partial charge on any atom is -0.485 e. The third-order valence-electron chi connectivity index (χ3n) is 4.50. The van der Waals surface area contributed by atoms with Crippen LogP contribution in [0.4, 0.5) is 5.69 Å². The molecule has 1 aliphatic heterocycles. The first kappa shape index (κ1) is 20.4. The molecule has 0 fully saturated rings. The number of hydrogen-bond acceptors (Lipinski definition) is 6. The average molecular weight is 438 g/mol. The number of nitrogens with one attached hydrogen (secondary N) is 2. The Morgan fingerprint density at radius 1 is 0.839 bits per heavy atom. The average Bonchev–Trinajstić information content (AvgIpc) is 2.79. The lowest BCUT2D eigenvalue weighted by Gasteiger charge is -2.25. The van der Waals surface area contributed by atoms with Crippen LogP contribution in [0.25, 0.3) is 0 Å². The van der Waals surface area contributed by atoms with Gasteiger partial charge in [0.25, 0.3) is 21.8 Å². The summed E-state index contributed by atoms with van der Waals surface area (Å²) in [5.41, 5.74) is 0.604. The van der Waals surface area contributed by atoms with Crippen molar-refractivity contribution in [2.45, 2.75) is 11.0 Å². The summed E-state index contributed by atoms with van der Waals surface area (Å²) in [4.78, 5) is 24.5. The van der Waals surface area contributed by atoms with Crippen LogP contribution in [0.1, 0.15) is 10.4 Å². The molecule has 158 valence electrons. The van der Waals surface area contributed by atoms with Crippen molar-refractivity contribution in [3.8, 4) is 11.5 Å². The fourth-order valence-electron chi connectivity index (χ4n) is 2.92. The quantitative estimate of drug-likeness (QED) is 0.634. The second kappa shape index (κ2) is 8.49. The molecule has 3 aromatic rings. The minimum atomic E-state index is -4.06. The van der Waals surface area contributed by atoms with Crippen molar-refractivity contribution in [3.63, 3.8) is 0 Å². The molecule has 1 heterocycles. The van der Waals surface area contributed by atoms with Crippen LogP contribution < -0.4 is 19.5 Å².